The van der Waals surface area contributed by atoms with Crippen molar-refractivity contribution in [1.29, 1.82) is 5.26 Å². The van der Waals surface area contributed by atoms with Crippen LogP contribution < -0.4 is 5.73 Å². The van der Waals surface area contributed by atoms with E-state index in [1.54, 1.807) is 0 Å². The molecule has 1 aromatic carbocycles. The SMILES string of the molecule is CC(N)C1CCCN(S(=O)(=O)c2cc(C#N)ccc2Cl)C1. The van der Waals surface area contributed by atoms with Gasteiger partial charge in [-0.3, -0.25) is 0 Å². The van der Waals surface area contributed by atoms with E-state index < -0.39 is 10.0 Å². The maximum Gasteiger partial charge on any atom is 0.244 e. The number of rotatable bonds is 3. The average molecular weight is 328 g/mol. The number of halogens is 1. The van der Waals surface area contributed by atoms with Crippen LogP contribution in [-0.4, -0.2) is 31.9 Å². The van der Waals surface area contributed by atoms with Gasteiger partial charge in [0.1, 0.15) is 4.90 Å². The Labute approximate surface area is 130 Å². The second kappa shape index (κ2) is 6.32. The Morgan fingerprint density at radius 2 is 2.24 bits per heavy atom. The molecule has 0 radical (unpaired) electrons. The minimum absolute atomic E-state index is 0.00598. The summed E-state index contributed by atoms with van der Waals surface area (Å²) in [5.74, 6) is 0.145. The normalized spacial score (nSPS) is 21.7. The maximum atomic E-state index is 12.7. The third-order valence-electron chi connectivity index (χ3n) is 3.84. The molecule has 0 aliphatic carbocycles. The van der Waals surface area contributed by atoms with Crippen molar-refractivity contribution in [2.24, 2.45) is 11.7 Å². The second-order valence-electron chi connectivity index (χ2n) is 5.38. The van der Waals surface area contributed by atoms with Crippen LogP contribution in [0.1, 0.15) is 25.3 Å². The van der Waals surface area contributed by atoms with Gasteiger partial charge in [0.25, 0.3) is 0 Å². The summed E-state index contributed by atoms with van der Waals surface area (Å²) < 4.78 is 26.9. The fraction of sp³-hybridized carbons (Fsp3) is 0.500. The predicted octanol–water partition coefficient (Wildman–Crippen LogP) is 1.96. The maximum absolute atomic E-state index is 12.7. The Morgan fingerprint density at radius 3 is 2.86 bits per heavy atom. The van der Waals surface area contributed by atoms with Crippen molar-refractivity contribution in [1.82, 2.24) is 4.31 Å². The molecule has 0 spiro atoms. The van der Waals surface area contributed by atoms with Crippen LogP contribution in [0.25, 0.3) is 0 Å². The van der Waals surface area contributed by atoms with Gasteiger partial charge in [-0.15, -0.1) is 0 Å². The first-order valence-corrected chi connectivity index (χ1v) is 8.63. The molecular formula is C14H18ClN3O2S. The van der Waals surface area contributed by atoms with Crippen molar-refractivity contribution in [3.8, 4) is 6.07 Å². The molecule has 7 heteroatoms. The molecule has 5 nitrogen and oxygen atoms in total. The molecule has 1 saturated heterocycles. The number of nitriles is 1. The topological polar surface area (TPSA) is 87.2 Å². The molecule has 1 heterocycles. The Morgan fingerprint density at radius 1 is 1.52 bits per heavy atom. The van der Waals surface area contributed by atoms with Crippen molar-refractivity contribution < 1.29 is 8.42 Å². The Bertz CT molecular complexity index is 667. The molecule has 0 aromatic heterocycles. The van der Waals surface area contributed by atoms with Crippen molar-refractivity contribution in [2.75, 3.05) is 13.1 Å². The van der Waals surface area contributed by atoms with Gasteiger partial charge in [-0.1, -0.05) is 11.6 Å². The first kappa shape index (κ1) is 16.2. The highest BCUT2D eigenvalue weighted by molar-refractivity contribution is 7.89. The monoisotopic (exact) mass is 327 g/mol. The molecule has 0 amide bonds. The molecular weight excluding hydrogens is 310 g/mol. The Hall–Kier alpha value is -1.13. The van der Waals surface area contributed by atoms with Crippen LogP contribution in [0.15, 0.2) is 23.1 Å². The molecule has 114 valence electrons. The fourth-order valence-corrected chi connectivity index (χ4v) is 4.57. The highest BCUT2D eigenvalue weighted by Gasteiger charge is 2.32. The van der Waals surface area contributed by atoms with Crippen LogP contribution in [0.2, 0.25) is 5.02 Å². The van der Waals surface area contributed by atoms with Crippen LogP contribution in [0, 0.1) is 17.2 Å². The van der Waals surface area contributed by atoms with Gasteiger partial charge in [0.05, 0.1) is 16.7 Å². The molecule has 2 unspecified atom stereocenters. The smallest absolute Gasteiger partial charge is 0.244 e. The number of hydrogen-bond acceptors (Lipinski definition) is 4. The van der Waals surface area contributed by atoms with Crippen molar-refractivity contribution in [2.45, 2.75) is 30.7 Å². The van der Waals surface area contributed by atoms with Crippen LogP contribution >= 0.6 is 11.6 Å². The molecule has 21 heavy (non-hydrogen) atoms. The van der Waals surface area contributed by atoms with E-state index in [9.17, 15) is 8.42 Å². The quantitative estimate of drug-likeness (QED) is 0.919. The third kappa shape index (κ3) is 3.38. The van der Waals surface area contributed by atoms with Crippen LogP contribution in [0.5, 0.6) is 0 Å². The molecule has 1 fully saturated rings. The highest BCUT2D eigenvalue weighted by atomic mass is 35.5. The van der Waals surface area contributed by atoms with Gasteiger partial charge in [0.2, 0.25) is 10.0 Å². The molecule has 0 bridgehead atoms. The summed E-state index contributed by atoms with van der Waals surface area (Å²) in [6.07, 6.45) is 1.71. The summed E-state index contributed by atoms with van der Waals surface area (Å²) in [5.41, 5.74) is 6.17. The van der Waals surface area contributed by atoms with Crippen LogP contribution in [0.4, 0.5) is 0 Å². The number of piperidine rings is 1. The molecule has 1 aromatic rings. The Balaban J connectivity index is 2.36. The number of hydrogen-bond donors (Lipinski definition) is 1. The number of nitrogens with two attached hydrogens (primary N) is 1. The fourth-order valence-electron chi connectivity index (χ4n) is 2.53. The third-order valence-corrected chi connectivity index (χ3v) is 6.19. The summed E-state index contributed by atoms with van der Waals surface area (Å²) in [4.78, 5) is -0.00598. The number of nitrogens with zero attached hydrogens (tertiary/aromatic N) is 2. The Kier molecular flexibility index (Phi) is 4.89. The van der Waals surface area contributed by atoms with E-state index in [1.807, 2.05) is 13.0 Å². The van der Waals surface area contributed by atoms with E-state index >= 15 is 0 Å². The number of sulfonamides is 1. The van der Waals surface area contributed by atoms with Gasteiger partial charge >= 0.3 is 0 Å². The zero-order chi connectivity index (χ0) is 15.6. The average Bonchev–Trinajstić information content (AvgIpc) is 2.47. The molecule has 0 saturated carbocycles. The lowest BCUT2D eigenvalue weighted by Crippen LogP contribution is -2.45. The summed E-state index contributed by atoms with van der Waals surface area (Å²) in [6.45, 7) is 2.75. The van der Waals surface area contributed by atoms with E-state index in [1.165, 1.54) is 22.5 Å². The van der Waals surface area contributed by atoms with Crippen molar-refractivity contribution in [3.63, 3.8) is 0 Å². The van der Waals surface area contributed by atoms with E-state index in [4.69, 9.17) is 22.6 Å². The molecule has 2 atom stereocenters. The van der Waals surface area contributed by atoms with Gasteiger partial charge in [0.15, 0.2) is 0 Å². The van der Waals surface area contributed by atoms with Crippen molar-refractivity contribution >= 4 is 21.6 Å². The largest absolute Gasteiger partial charge is 0.328 e. The van der Waals surface area contributed by atoms with Crippen molar-refractivity contribution in [3.05, 3.63) is 28.8 Å². The summed E-state index contributed by atoms with van der Waals surface area (Å²) in [5, 5.41) is 9.06. The van der Waals surface area contributed by atoms with Gasteiger partial charge in [-0.05, 0) is 43.9 Å². The minimum Gasteiger partial charge on any atom is -0.328 e. The van der Waals surface area contributed by atoms with E-state index in [0.29, 0.717) is 13.1 Å². The highest BCUT2D eigenvalue weighted by Crippen LogP contribution is 2.29. The lowest BCUT2D eigenvalue weighted by Gasteiger charge is -2.33. The zero-order valence-electron chi connectivity index (χ0n) is 11.8. The molecule has 1 aliphatic rings. The molecule has 2 N–H and O–H groups in total. The van der Waals surface area contributed by atoms with E-state index in [2.05, 4.69) is 0 Å². The molecule has 2 rings (SSSR count). The standard InChI is InChI=1S/C14H18ClN3O2S/c1-10(17)12-3-2-6-18(9-12)21(19,20)14-7-11(8-16)4-5-13(14)15/h4-5,7,10,12H,2-3,6,9,17H2,1H3. The summed E-state index contributed by atoms with van der Waals surface area (Å²) >= 11 is 6.02. The second-order valence-corrected chi connectivity index (χ2v) is 7.70. The van der Waals surface area contributed by atoms with Gasteiger partial charge < -0.3 is 5.73 Å². The van der Waals surface area contributed by atoms with Gasteiger partial charge in [0, 0.05) is 19.1 Å². The lowest BCUT2D eigenvalue weighted by atomic mass is 9.93. The first-order valence-electron chi connectivity index (χ1n) is 6.81. The summed E-state index contributed by atoms with van der Waals surface area (Å²) in [6, 6.07) is 6.16. The zero-order valence-corrected chi connectivity index (χ0v) is 13.4. The van der Waals surface area contributed by atoms with Gasteiger partial charge in [-0.25, -0.2) is 8.42 Å². The lowest BCUT2D eigenvalue weighted by molar-refractivity contribution is 0.243. The van der Waals surface area contributed by atoms with E-state index in [0.717, 1.165) is 12.8 Å². The number of benzene rings is 1. The first-order chi connectivity index (χ1) is 9.86. The summed E-state index contributed by atoms with van der Waals surface area (Å²) in [7, 11) is -3.70. The predicted molar refractivity (Wildman–Crippen MR) is 81.3 cm³/mol. The minimum atomic E-state index is -3.70. The van der Waals surface area contributed by atoms with Crippen LogP contribution in [0.3, 0.4) is 0 Å². The van der Waals surface area contributed by atoms with Gasteiger partial charge in [-0.2, -0.15) is 9.57 Å². The van der Waals surface area contributed by atoms with Crippen LogP contribution in [-0.2, 0) is 10.0 Å². The van der Waals surface area contributed by atoms with E-state index in [-0.39, 0.29) is 27.4 Å². The molecule has 1 aliphatic heterocycles.